The first kappa shape index (κ1) is 16.4. The van der Waals surface area contributed by atoms with Crippen LogP contribution in [0.4, 0.5) is 0 Å². The average molecular weight is 269 g/mol. The normalized spacial score (nSPS) is 17.9. The lowest BCUT2D eigenvalue weighted by atomic mass is 9.93. The van der Waals surface area contributed by atoms with E-state index in [9.17, 15) is 4.79 Å². The Morgan fingerprint density at radius 1 is 1.16 bits per heavy atom. The van der Waals surface area contributed by atoms with E-state index in [0.717, 1.165) is 45.7 Å². The van der Waals surface area contributed by atoms with Crippen LogP contribution in [0.3, 0.4) is 0 Å². The molecule has 0 N–H and O–H groups in total. The van der Waals surface area contributed by atoms with Crippen molar-refractivity contribution in [2.24, 2.45) is 5.92 Å². The minimum absolute atomic E-state index is 0.349. The molecule has 0 radical (unpaired) electrons. The van der Waals surface area contributed by atoms with E-state index in [1.165, 1.54) is 12.8 Å². The summed E-state index contributed by atoms with van der Waals surface area (Å²) in [6.07, 6.45) is 3.10. The summed E-state index contributed by atoms with van der Waals surface area (Å²) in [4.78, 5) is 18.9. The maximum Gasteiger partial charge on any atom is 0.222 e. The Hall–Kier alpha value is -0.610. The molecule has 0 aromatic heterocycles. The molecule has 0 aromatic rings. The van der Waals surface area contributed by atoms with Crippen molar-refractivity contribution in [2.45, 2.75) is 33.1 Å². The molecule has 0 saturated carbocycles. The molecule has 0 aromatic carbocycles. The summed E-state index contributed by atoms with van der Waals surface area (Å²) in [7, 11) is 4.27. The molecule has 0 bridgehead atoms. The molecule has 1 amide bonds. The lowest BCUT2D eigenvalue weighted by Crippen LogP contribution is -2.39. The summed E-state index contributed by atoms with van der Waals surface area (Å²) in [6, 6.07) is 0. The molecule has 0 atom stereocenters. The maximum absolute atomic E-state index is 12.3. The van der Waals surface area contributed by atoms with E-state index in [0.29, 0.717) is 11.8 Å². The first-order chi connectivity index (χ1) is 9.06. The summed E-state index contributed by atoms with van der Waals surface area (Å²) in [5, 5.41) is 0. The first-order valence-electron chi connectivity index (χ1n) is 7.71. The zero-order valence-electron chi connectivity index (χ0n) is 13.2. The average Bonchev–Trinajstić information content (AvgIpc) is 2.41. The van der Waals surface area contributed by atoms with Crippen LogP contribution < -0.4 is 0 Å². The number of hydrogen-bond donors (Lipinski definition) is 0. The summed E-state index contributed by atoms with van der Waals surface area (Å²) in [6.45, 7) is 10.2. The zero-order chi connectivity index (χ0) is 14.3. The fraction of sp³-hybridized carbons (Fsp3) is 0.933. The van der Waals surface area contributed by atoms with Crippen LogP contribution in [-0.2, 0) is 4.79 Å². The summed E-state index contributed by atoms with van der Waals surface area (Å²) >= 11 is 0. The Bertz CT molecular complexity index is 262. The number of carbonyl (C=O) groups is 1. The number of likely N-dealkylation sites (N-methyl/N-ethyl adjacent to an activating group) is 2. The molecule has 112 valence electrons. The van der Waals surface area contributed by atoms with Crippen molar-refractivity contribution in [3.05, 3.63) is 0 Å². The number of hydrogen-bond acceptors (Lipinski definition) is 3. The quantitative estimate of drug-likeness (QED) is 0.701. The standard InChI is InChI=1S/C15H31N3O/c1-5-16(3)11-12-18(6-2)15(19)13-14-7-9-17(4)10-8-14/h14H,5-13H2,1-4H3. The number of likely N-dealkylation sites (tertiary alicyclic amines) is 1. The summed E-state index contributed by atoms with van der Waals surface area (Å²) in [5.41, 5.74) is 0. The third-order valence-electron chi connectivity index (χ3n) is 4.33. The predicted octanol–water partition coefficient (Wildman–Crippen LogP) is 1.52. The molecule has 1 rings (SSSR count). The van der Waals surface area contributed by atoms with Gasteiger partial charge in [-0.1, -0.05) is 6.92 Å². The minimum atomic E-state index is 0.349. The van der Waals surface area contributed by atoms with Crippen LogP contribution in [0.1, 0.15) is 33.1 Å². The molecule has 4 nitrogen and oxygen atoms in total. The summed E-state index contributed by atoms with van der Waals surface area (Å²) < 4.78 is 0. The Labute approximate surface area is 118 Å². The minimum Gasteiger partial charge on any atom is -0.342 e. The highest BCUT2D eigenvalue weighted by molar-refractivity contribution is 5.76. The molecule has 1 saturated heterocycles. The van der Waals surface area contributed by atoms with Crippen molar-refractivity contribution in [3.8, 4) is 0 Å². The van der Waals surface area contributed by atoms with Gasteiger partial charge in [-0.25, -0.2) is 0 Å². The fourth-order valence-electron chi connectivity index (χ4n) is 2.55. The predicted molar refractivity (Wildman–Crippen MR) is 80.3 cm³/mol. The van der Waals surface area contributed by atoms with Crippen LogP contribution in [0.2, 0.25) is 0 Å². The Kier molecular flexibility index (Phi) is 7.39. The second-order valence-electron chi connectivity index (χ2n) is 5.82. The number of amides is 1. The van der Waals surface area contributed by atoms with E-state index in [2.05, 4.69) is 37.7 Å². The SMILES string of the molecule is CCN(C)CCN(CC)C(=O)CC1CCN(C)CC1. The highest BCUT2D eigenvalue weighted by Crippen LogP contribution is 2.20. The molecule has 1 aliphatic heterocycles. The Morgan fingerprint density at radius 2 is 1.79 bits per heavy atom. The molecule has 19 heavy (non-hydrogen) atoms. The van der Waals surface area contributed by atoms with Gasteiger partial charge in [-0.15, -0.1) is 0 Å². The number of piperidine rings is 1. The van der Waals surface area contributed by atoms with Gasteiger partial charge < -0.3 is 14.7 Å². The number of nitrogens with zero attached hydrogens (tertiary/aromatic N) is 3. The Balaban J connectivity index is 2.32. The van der Waals surface area contributed by atoms with Gasteiger partial charge in [0.15, 0.2) is 0 Å². The van der Waals surface area contributed by atoms with Crippen LogP contribution in [0.25, 0.3) is 0 Å². The van der Waals surface area contributed by atoms with Gasteiger partial charge in [-0.3, -0.25) is 4.79 Å². The molecule has 0 unspecified atom stereocenters. The van der Waals surface area contributed by atoms with Gasteiger partial charge in [-0.2, -0.15) is 0 Å². The highest BCUT2D eigenvalue weighted by atomic mass is 16.2. The van der Waals surface area contributed by atoms with E-state index < -0.39 is 0 Å². The second-order valence-corrected chi connectivity index (χ2v) is 5.82. The van der Waals surface area contributed by atoms with Crippen LogP contribution in [-0.4, -0.2) is 74.0 Å². The van der Waals surface area contributed by atoms with E-state index in [1.807, 2.05) is 4.90 Å². The van der Waals surface area contributed by atoms with E-state index in [1.54, 1.807) is 0 Å². The van der Waals surface area contributed by atoms with Gasteiger partial charge in [0.1, 0.15) is 0 Å². The topological polar surface area (TPSA) is 26.8 Å². The zero-order valence-corrected chi connectivity index (χ0v) is 13.2. The smallest absolute Gasteiger partial charge is 0.222 e. The molecule has 4 heteroatoms. The van der Waals surface area contributed by atoms with Crippen molar-refractivity contribution < 1.29 is 4.79 Å². The second kappa shape index (κ2) is 8.54. The van der Waals surface area contributed by atoms with Crippen molar-refractivity contribution >= 4 is 5.91 Å². The Morgan fingerprint density at radius 3 is 2.32 bits per heavy atom. The molecular weight excluding hydrogens is 238 g/mol. The molecule has 1 fully saturated rings. The van der Waals surface area contributed by atoms with Gasteiger partial charge in [0.25, 0.3) is 0 Å². The molecule has 0 spiro atoms. The number of carbonyl (C=O) groups excluding carboxylic acids is 1. The van der Waals surface area contributed by atoms with E-state index in [-0.39, 0.29) is 0 Å². The van der Waals surface area contributed by atoms with Crippen molar-refractivity contribution in [2.75, 3.05) is 53.4 Å². The van der Waals surface area contributed by atoms with E-state index in [4.69, 9.17) is 0 Å². The van der Waals surface area contributed by atoms with Crippen molar-refractivity contribution in [1.82, 2.24) is 14.7 Å². The molecule has 1 aliphatic rings. The highest BCUT2D eigenvalue weighted by Gasteiger charge is 2.22. The molecular formula is C15H31N3O. The van der Waals surface area contributed by atoms with Crippen molar-refractivity contribution in [3.63, 3.8) is 0 Å². The summed E-state index contributed by atoms with van der Waals surface area (Å²) in [5.74, 6) is 0.947. The van der Waals surface area contributed by atoms with Gasteiger partial charge in [0.05, 0.1) is 0 Å². The third kappa shape index (κ3) is 5.91. The van der Waals surface area contributed by atoms with Gasteiger partial charge >= 0.3 is 0 Å². The van der Waals surface area contributed by atoms with E-state index >= 15 is 0 Å². The van der Waals surface area contributed by atoms with Gasteiger partial charge in [-0.05, 0) is 59.4 Å². The molecule has 1 heterocycles. The lowest BCUT2D eigenvalue weighted by Gasteiger charge is -2.30. The van der Waals surface area contributed by atoms with Crippen LogP contribution in [0, 0.1) is 5.92 Å². The molecule has 0 aliphatic carbocycles. The van der Waals surface area contributed by atoms with Crippen LogP contribution in [0.15, 0.2) is 0 Å². The van der Waals surface area contributed by atoms with Crippen LogP contribution >= 0.6 is 0 Å². The third-order valence-corrected chi connectivity index (χ3v) is 4.33. The largest absolute Gasteiger partial charge is 0.342 e. The first-order valence-corrected chi connectivity index (χ1v) is 7.71. The monoisotopic (exact) mass is 269 g/mol. The van der Waals surface area contributed by atoms with Crippen LogP contribution in [0.5, 0.6) is 0 Å². The van der Waals surface area contributed by atoms with Gasteiger partial charge in [0.2, 0.25) is 5.91 Å². The fourth-order valence-corrected chi connectivity index (χ4v) is 2.55. The van der Waals surface area contributed by atoms with Crippen molar-refractivity contribution in [1.29, 1.82) is 0 Å². The lowest BCUT2D eigenvalue weighted by molar-refractivity contribution is -0.132. The van der Waals surface area contributed by atoms with Gasteiger partial charge in [0, 0.05) is 26.1 Å². The number of rotatable bonds is 7. The maximum atomic E-state index is 12.3.